The first-order valence-electron chi connectivity index (χ1n) is 6.56. The molecule has 3 N–H and O–H groups in total. The van der Waals surface area contributed by atoms with E-state index >= 15 is 0 Å². The Morgan fingerprint density at radius 1 is 1.44 bits per heavy atom. The van der Waals surface area contributed by atoms with E-state index in [4.69, 9.17) is 5.73 Å². The van der Waals surface area contributed by atoms with E-state index in [0.29, 0.717) is 12.0 Å². The Balaban J connectivity index is 2.21. The highest BCUT2D eigenvalue weighted by Crippen LogP contribution is 2.29. The van der Waals surface area contributed by atoms with Gasteiger partial charge in [0, 0.05) is 13.1 Å². The molecule has 0 aromatic carbocycles. The fraction of sp³-hybridized carbons (Fsp3) is 1.00. The zero-order chi connectivity index (χ0) is 12.2. The van der Waals surface area contributed by atoms with Crippen LogP contribution in [-0.4, -0.2) is 41.8 Å². The first-order chi connectivity index (χ1) is 7.41. The molecule has 1 rings (SSSR count). The second-order valence-electron chi connectivity index (χ2n) is 6.08. The third-order valence-electron chi connectivity index (χ3n) is 3.91. The molecule has 1 heterocycles. The maximum Gasteiger partial charge on any atom is 0.0767 e. The molecular formula is C13H28N2O. The van der Waals surface area contributed by atoms with E-state index in [9.17, 15) is 5.11 Å². The number of rotatable bonds is 6. The second-order valence-corrected chi connectivity index (χ2v) is 6.08. The molecule has 96 valence electrons. The largest absolute Gasteiger partial charge is 0.389 e. The highest BCUT2D eigenvalue weighted by Gasteiger charge is 2.29. The smallest absolute Gasteiger partial charge is 0.0767 e. The number of hydrogen-bond donors (Lipinski definition) is 2. The van der Waals surface area contributed by atoms with E-state index in [1.807, 2.05) is 6.92 Å². The summed E-state index contributed by atoms with van der Waals surface area (Å²) < 4.78 is 0. The molecule has 0 amide bonds. The molecule has 3 nitrogen and oxygen atoms in total. The summed E-state index contributed by atoms with van der Waals surface area (Å²) >= 11 is 0. The third-order valence-corrected chi connectivity index (χ3v) is 3.91. The fourth-order valence-electron chi connectivity index (χ4n) is 2.47. The molecule has 1 saturated heterocycles. The van der Waals surface area contributed by atoms with E-state index < -0.39 is 5.60 Å². The van der Waals surface area contributed by atoms with Crippen LogP contribution >= 0.6 is 0 Å². The SMILES string of the molecule is CCC(O)(CN)CCCN1CCC(C)(C)C1. The number of aliphatic hydroxyl groups is 1. The Hall–Kier alpha value is -0.120. The summed E-state index contributed by atoms with van der Waals surface area (Å²) in [5, 5.41) is 10.1. The summed E-state index contributed by atoms with van der Waals surface area (Å²) in [6.07, 6.45) is 3.94. The fourth-order valence-corrected chi connectivity index (χ4v) is 2.47. The Bertz CT molecular complexity index is 212. The summed E-state index contributed by atoms with van der Waals surface area (Å²) in [4.78, 5) is 2.51. The van der Waals surface area contributed by atoms with Gasteiger partial charge in [-0.25, -0.2) is 0 Å². The lowest BCUT2D eigenvalue weighted by Gasteiger charge is -2.26. The van der Waals surface area contributed by atoms with Crippen LogP contribution in [0.25, 0.3) is 0 Å². The predicted molar refractivity (Wildman–Crippen MR) is 68.4 cm³/mol. The monoisotopic (exact) mass is 228 g/mol. The zero-order valence-electron chi connectivity index (χ0n) is 11.1. The van der Waals surface area contributed by atoms with Crippen LogP contribution in [-0.2, 0) is 0 Å². The molecule has 0 radical (unpaired) electrons. The summed E-state index contributed by atoms with van der Waals surface area (Å²) in [5.74, 6) is 0. The van der Waals surface area contributed by atoms with Crippen molar-refractivity contribution in [2.24, 2.45) is 11.1 Å². The molecule has 0 aromatic heterocycles. The van der Waals surface area contributed by atoms with Crippen molar-refractivity contribution in [2.75, 3.05) is 26.2 Å². The van der Waals surface area contributed by atoms with Crippen molar-refractivity contribution in [3.8, 4) is 0 Å². The van der Waals surface area contributed by atoms with Crippen molar-refractivity contribution in [3.63, 3.8) is 0 Å². The Morgan fingerprint density at radius 3 is 2.56 bits per heavy atom. The van der Waals surface area contributed by atoms with Gasteiger partial charge in [-0.2, -0.15) is 0 Å². The standard InChI is InChI=1S/C13H28N2O/c1-4-13(16,10-14)6-5-8-15-9-7-12(2,3)11-15/h16H,4-11,14H2,1-3H3. The molecule has 0 spiro atoms. The maximum atomic E-state index is 10.1. The van der Waals surface area contributed by atoms with Crippen molar-refractivity contribution in [1.82, 2.24) is 4.90 Å². The molecule has 1 aliphatic rings. The van der Waals surface area contributed by atoms with Crippen molar-refractivity contribution in [1.29, 1.82) is 0 Å². The van der Waals surface area contributed by atoms with Crippen LogP contribution in [0.5, 0.6) is 0 Å². The molecule has 3 heteroatoms. The van der Waals surface area contributed by atoms with Gasteiger partial charge in [0.05, 0.1) is 5.60 Å². The van der Waals surface area contributed by atoms with Gasteiger partial charge in [-0.05, 0) is 44.2 Å². The first-order valence-corrected chi connectivity index (χ1v) is 6.56. The summed E-state index contributed by atoms with van der Waals surface area (Å²) in [7, 11) is 0. The van der Waals surface area contributed by atoms with E-state index in [2.05, 4.69) is 18.7 Å². The predicted octanol–water partition coefficient (Wildman–Crippen LogP) is 1.60. The molecule has 0 aliphatic carbocycles. The minimum atomic E-state index is -0.630. The molecule has 1 unspecified atom stereocenters. The van der Waals surface area contributed by atoms with Gasteiger partial charge in [-0.3, -0.25) is 0 Å². The molecule has 1 fully saturated rings. The highest BCUT2D eigenvalue weighted by atomic mass is 16.3. The average molecular weight is 228 g/mol. The van der Waals surface area contributed by atoms with E-state index in [-0.39, 0.29) is 0 Å². The van der Waals surface area contributed by atoms with Gasteiger partial charge in [0.15, 0.2) is 0 Å². The van der Waals surface area contributed by atoms with Crippen molar-refractivity contribution >= 4 is 0 Å². The molecular weight excluding hydrogens is 200 g/mol. The molecule has 1 atom stereocenters. The average Bonchev–Trinajstić information content (AvgIpc) is 2.58. The topological polar surface area (TPSA) is 49.5 Å². The minimum absolute atomic E-state index is 0.384. The van der Waals surface area contributed by atoms with Crippen LogP contribution in [0.2, 0.25) is 0 Å². The van der Waals surface area contributed by atoms with Crippen molar-refractivity contribution < 1.29 is 5.11 Å². The van der Waals surface area contributed by atoms with Gasteiger partial charge >= 0.3 is 0 Å². The Labute approximate surface area is 100 Å². The Kier molecular flexibility index (Phi) is 4.77. The van der Waals surface area contributed by atoms with Crippen molar-refractivity contribution in [2.45, 2.75) is 52.1 Å². The number of nitrogens with zero attached hydrogens (tertiary/aromatic N) is 1. The lowest BCUT2D eigenvalue weighted by molar-refractivity contribution is 0.0320. The number of likely N-dealkylation sites (tertiary alicyclic amines) is 1. The molecule has 16 heavy (non-hydrogen) atoms. The van der Waals surface area contributed by atoms with Crippen LogP contribution in [0.15, 0.2) is 0 Å². The van der Waals surface area contributed by atoms with Crippen LogP contribution < -0.4 is 5.73 Å². The summed E-state index contributed by atoms with van der Waals surface area (Å²) in [6.45, 7) is 10.6. The van der Waals surface area contributed by atoms with Crippen LogP contribution in [0.4, 0.5) is 0 Å². The normalized spacial score (nSPS) is 24.6. The van der Waals surface area contributed by atoms with Gasteiger partial charge in [0.1, 0.15) is 0 Å². The van der Waals surface area contributed by atoms with Gasteiger partial charge < -0.3 is 15.7 Å². The second kappa shape index (κ2) is 5.48. The third kappa shape index (κ3) is 4.04. The molecule has 0 saturated carbocycles. The van der Waals surface area contributed by atoms with Gasteiger partial charge in [-0.1, -0.05) is 20.8 Å². The van der Waals surface area contributed by atoms with Gasteiger partial charge in [-0.15, -0.1) is 0 Å². The molecule has 0 aromatic rings. The lowest BCUT2D eigenvalue weighted by atomic mass is 9.93. The lowest BCUT2D eigenvalue weighted by Crippen LogP contribution is -2.38. The van der Waals surface area contributed by atoms with Crippen LogP contribution in [0.3, 0.4) is 0 Å². The van der Waals surface area contributed by atoms with Crippen LogP contribution in [0, 0.1) is 5.41 Å². The quantitative estimate of drug-likeness (QED) is 0.726. The highest BCUT2D eigenvalue weighted by molar-refractivity contribution is 4.83. The number of hydrogen-bond acceptors (Lipinski definition) is 3. The summed E-state index contributed by atoms with van der Waals surface area (Å²) in [5.41, 5.74) is 5.44. The van der Waals surface area contributed by atoms with E-state index in [0.717, 1.165) is 25.8 Å². The minimum Gasteiger partial charge on any atom is -0.389 e. The number of nitrogens with two attached hydrogens (primary N) is 1. The Morgan fingerprint density at radius 2 is 2.12 bits per heavy atom. The van der Waals surface area contributed by atoms with E-state index in [1.165, 1.54) is 19.5 Å². The molecule has 0 bridgehead atoms. The van der Waals surface area contributed by atoms with Gasteiger partial charge in [0.2, 0.25) is 0 Å². The maximum absolute atomic E-state index is 10.1. The molecule has 1 aliphatic heterocycles. The zero-order valence-corrected chi connectivity index (χ0v) is 11.1. The van der Waals surface area contributed by atoms with Gasteiger partial charge in [0.25, 0.3) is 0 Å². The first kappa shape index (κ1) is 13.9. The van der Waals surface area contributed by atoms with Crippen molar-refractivity contribution in [3.05, 3.63) is 0 Å². The van der Waals surface area contributed by atoms with Crippen LogP contribution in [0.1, 0.15) is 46.5 Å². The van der Waals surface area contributed by atoms with E-state index in [1.54, 1.807) is 0 Å². The summed E-state index contributed by atoms with van der Waals surface area (Å²) in [6, 6.07) is 0.